The van der Waals surface area contributed by atoms with Crippen LogP contribution in [-0.2, 0) is 11.3 Å². The lowest BCUT2D eigenvalue weighted by Gasteiger charge is -2.41. The SMILES string of the molecule is c1ccc(CN2CO[C@H]3CCCC[C@@H]3C2)cc1. The largest absolute Gasteiger partial charge is 0.363 e. The first-order chi connectivity index (χ1) is 8.42. The van der Waals surface area contributed by atoms with Gasteiger partial charge in [0.1, 0.15) is 0 Å². The van der Waals surface area contributed by atoms with Crippen LogP contribution in [0.1, 0.15) is 31.2 Å². The number of nitrogens with zero attached hydrogens (tertiary/aromatic N) is 1. The van der Waals surface area contributed by atoms with Crippen LogP contribution in [0, 0.1) is 5.92 Å². The van der Waals surface area contributed by atoms with Gasteiger partial charge in [0.05, 0.1) is 12.8 Å². The van der Waals surface area contributed by atoms with Crippen molar-refractivity contribution in [3.63, 3.8) is 0 Å². The first-order valence-corrected chi connectivity index (χ1v) is 6.80. The number of hydrogen-bond acceptors (Lipinski definition) is 2. The fourth-order valence-corrected chi connectivity index (χ4v) is 3.14. The van der Waals surface area contributed by atoms with E-state index in [2.05, 4.69) is 35.2 Å². The van der Waals surface area contributed by atoms with Crippen LogP contribution in [0.15, 0.2) is 30.3 Å². The molecule has 0 unspecified atom stereocenters. The maximum Gasteiger partial charge on any atom is 0.0997 e. The van der Waals surface area contributed by atoms with Crippen molar-refractivity contribution < 1.29 is 4.74 Å². The Balaban J connectivity index is 1.59. The highest BCUT2D eigenvalue weighted by Gasteiger charge is 2.31. The zero-order valence-corrected chi connectivity index (χ0v) is 10.3. The predicted molar refractivity (Wildman–Crippen MR) is 68.6 cm³/mol. The van der Waals surface area contributed by atoms with Crippen molar-refractivity contribution in [2.45, 2.75) is 38.3 Å². The molecule has 0 aromatic heterocycles. The molecule has 2 atom stereocenters. The Morgan fingerprint density at radius 2 is 1.94 bits per heavy atom. The molecule has 0 bridgehead atoms. The molecular formula is C15H21NO. The van der Waals surface area contributed by atoms with Crippen molar-refractivity contribution in [3.05, 3.63) is 35.9 Å². The zero-order chi connectivity index (χ0) is 11.5. The van der Waals surface area contributed by atoms with Crippen LogP contribution in [-0.4, -0.2) is 24.3 Å². The summed E-state index contributed by atoms with van der Waals surface area (Å²) in [5.41, 5.74) is 1.39. The van der Waals surface area contributed by atoms with Gasteiger partial charge < -0.3 is 4.74 Å². The Bertz CT molecular complexity index is 351. The van der Waals surface area contributed by atoms with Gasteiger partial charge in [0.2, 0.25) is 0 Å². The van der Waals surface area contributed by atoms with Crippen LogP contribution >= 0.6 is 0 Å². The average Bonchev–Trinajstić information content (AvgIpc) is 2.40. The lowest BCUT2D eigenvalue weighted by Crippen LogP contribution is -2.45. The van der Waals surface area contributed by atoms with Gasteiger partial charge in [-0.3, -0.25) is 4.90 Å². The molecule has 1 aliphatic carbocycles. The van der Waals surface area contributed by atoms with E-state index in [1.54, 1.807) is 0 Å². The summed E-state index contributed by atoms with van der Waals surface area (Å²) in [6, 6.07) is 10.7. The highest BCUT2D eigenvalue weighted by Crippen LogP contribution is 2.31. The molecule has 17 heavy (non-hydrogen) atoms. The van der Waals surface area contributed by atoms with Crippen molar-refractivity contribution in [1.82, 2.24) is 4.90 Å². The Morgan fingerprint density at radius 3 is 2.82 bits per heavy atom. The van der Waals surface area contributed by atoms with Crippen LogP contribution in [0.5, 0.6) is 0 Å². The van der Waals surface area contributed by atoms with E-state index in [-0.39, 0.29) is 0 Å². The van der Waals surface area contributed by atoms with Gasteiger partial charge in [0.25, 0.3) is 0 Å². The Kier molecular flexibility index (Phi) is 3.44. The molecule has 0 radical (unpaired) electrons. The molecule has 2 fully saturated rings. The van der Waals surface area contributed by atoms with Crippen molar-refractivity contribution >= 4 is 0 Å². The second kappa shape index (κ2) is 5.19. The molecule has 3 rings (SSSR count). The van der Waals surface area contributed by atoms with Crippen LogP contribution in [0.2, 0.25) is 0 Å². The fourth-order valence-electron chi connectivity index (χ4n) is 3.14. The number of hydrogen-bond donors (Lipinski definition) is 0. The van der Waals surface area contributed by atoms with E-state index in [1.165, 1.54) is 37.8 Å². The summed E-state index contributed by atoms with van der Waals surface area (Å²) in [7, 11) is 0. The molecule has 2 heteroatoms. The highest BCUT2D eigenvalue weighted by atomic mass is 16.5. The lowest BCUT2D eigenvalue weighted by atomic mass is 9.85. The number of ether oxygens (including phenoxy) is 1. The summed E-state index contributed by atoms with van der Waals surface area (Å²) in [6.45, 7) is 3.07. The quantitative estimate of drug-likeness (QED) is 0.775. The standard InChI is InChI=1S/C15H21NO/c1-2-6-13(7-3-1)10-16-11-14-8-4-5-9-15(14)17-12-16/h1-3,6-7,14-15H,4-5,8-12H2/t14-,15+/m1/s1. The Hall–Kier alpha value is -0.860. The van der Waals surface area contributed by atoms with Crippen LogP contribution in [0.3, 0.4) is 0 Å². The monoisotopic (exact) mass is 231 g/mol. The molecular weight excluding hydrogens is 210 g/mol. The van der Waals surface area contributed by atoms with Gasteiger partial charge in [-0.25, -0.2) is 0 Å². The summed E-state index contributed by atoms with van der Waals surface area (Å²) in [4.78, 5) is 2.45. The molecule has 2 aliphatic rings. The molecule has 0 spiro atoms. The molecule has 1 aromatic carbocycles. The van der Waals surface area contributed by atoms with E-state index in [4.69, 9.17) is 4.74 Å². The van der Waals surface area contributed by atoms with E-state index < -0.39 is 0 Å². The molecule has 1 saturated carbocycles. The Labute approximate surface area is 104 Å². The first-order valence-electron chi connectivity index (χ1n) is 6.80. The fraction of sp³-hybridized carbons (Fsp3) is 0.600. The van der Waals surface area contributed by atoms with Crippen molar-refractivity contribution in [3.8, 4) is 0 Å². The minimum Gasteiger partial charge on any atom is -0.363 e. The summed E-state index contributed by atoms with van der Waals surface area (Å²) >= 11 is 0. The van der Waals surface area contributed by atoms with Gasteiger partial charge in [-0.1, -0.05) is 43.2 Å². The maximum atomic E-state index is 5.99. The molecule has 1 saturated heterocycles. The smallest absolute Gasteiger partial charge is 0.0997 e. The van der Waals surface area contributed by atoms with E-state index in [0.717, 1.165) is 19.2 Å². The molecule has 1 aromatic rings. The minimum atomic E-state index is 0.552. The van der Waals surface area contributed by atoms with Gasteiger partial charge in [-0.2, -0.15) is 0 Å². The zero-order valence-electron chi connectivity index (χ0n) is 10.3. The number of benzene rings is 1. The maximum absolute atomic E-state index is 5.99. The number of rotatable bonds is 2. The molecule has 2 nitrogen and oxygen atoms in total. The number of fused-ring (bicyclic) bond motifs is 1. The third kappa shape index (κ3) is 2.70. The molecule has 0 N–H and O–H groups in total. The van der Waals surface area contributed by atoms with Gasteiger partial charge in [-0.05, 0) is 24.3 Å². The lowest BCUT2D eigenvalue weighted by molar-refractivity contribution is -0.119. The van der Waals surface area contributed by atoms with E-state index in [9.17, 15) is 0 Å². The third-order valence-corrected chi connectivity index (χ3v) is 4.05. The molecule has 0 amide bonds. The minimum absolute atomic E-state index is 0.552. The third-order valence-electron chi connectivity index (χ3n) is 4.05. The average molecular weight is 231 g/mol. The second-order valence-electron chi connectivity index (χ2n) is 5.38. The van der Waals surface area contributed by atoms with Crippen LogP contribution in [0.4, 0.5) is 0 Å². The Morgan fingerprint density at radius 1 is 1.12 bits per heavy atom. The van der Waals surface area contributed by atoms with Gasteiger partial charge in [0.15, 0.2) is 0 Å². The van der Waals surface area contributed by atoms with Crippen molar-refractivity contribution in [2.75, 3.05) is 13.3 Å². The predicted octanol–water partition coefficient (Wildman–Crippen LogP) is 3.04. The van der Waals surface area contributed by atoms with Gasteiger partial charge in [0, 0.05) is 13.1 Å². The normalized spacial score (nSPS) is 29.9. The highest BCUT2D eigenvalue weighted by molar-refractivity contribution is 5.14. The van der Waals surface area contributed by atoms with Gasteiger partial charge >= 0.3 is 0 Å². The van der Waals surface area contributed by atoms with Crippen molar-refractivity contribution in [1.29, 1.82) is 0 Å². The summed E-state index contributed by atoms with van der Waals surface area (Å²) < 4.78 is 5.99. The summed E-state index contributed by atoms with van der Waals surface area (Å²) in [5.74, 6) is 0.779. The second-order valence-corrected chi connectivity index (χ2v) is 5.38. The molecule has 92 valence electrons. The van der Waals surface area contributed by atoms with E-state index in [0.29, 0.717) is 6.10 Å². The molecule has 1 aliphatic heterocycles. The molecule has 1 heterocycles. The van der Waals surface area contributed by atoms with E-state index in [1.807, 2.05) is 0 Å². The van der Waals surface area contributed by atoms with E-state index >= 15 is 0 Å². The summed E-state index contributed by atoms with van der Waals surface area (Å²) in [5, 5.41) is 0. The van der Waals surface area contributed by atoms with Crippen LogP contribution < -0.4 is 0 Å². The summed E-state index contributed by atoms with van der Waals surface area (Å²) in [6.07, 6.45) is 5.94. The first kappa shape index (κ1) is 11.2. The van der Waals surface area contributed by atoms with Crippen molar-refractivity contribution in [2.24, 2.45) is 5.92 Å². The van der Waals surface area contributed by atoms with Gasteiger partial charge in [-0.15, -0.1) is 0 Å². The van der Waals surface area contributed by atoms with Crippen LogP contribution in [0.25, 0.3) is 0 Å². The topological polar surface area (TPSA) is 12.5 Å².